The molecule has 0 spiro atoms. The average Bonchev–Trinajstić information content (AvgIpc) is 2.78. The Labute approximate surface area is 120 Å². The van der Waals surface area contributed by atoms with E-state index in [1.165, 1.54) is 0 Å². The molecule has 0 saturated heterocycles. The van der Waals surface area contributed by atoms with Gasteiger partial charge in [-0.3, -0.25) is 9.69 Å². The van der Waals surface area contributed by atoms with Gasteiger partial charge in [0.1, 0.15) is 0 Å². The van der Waals surface area contributed by atoms with Crippen LogP contribution in [0.25, 0.3) is 0 Å². The average molecular weight is 280 g/mol. The van der Waals surface area contributed by atoms with Gasteiger partial charge >= 0.3 is 0 Å². The van der Waals surface area contributed by atoms with Crippen LogP contribution in [0.2, 0.25) is 0 Å². The van der Waals surface area contributed by atoms with Crippen molar-refractivity contribution in [3.63, 3.8) is 0 Å². The predicted molar refractivity (Wildman–Crippen MR) is 76.1 cm³/mol. The number of aromatic nitrogens is 2. The molecule has 0 radical (unpaired) electrons. The van der Waals surface area contributed by atoms with E-state index in [0.29, 0.717) is 25.6 Å². The van der Waals surface area contributed by atoms with Crippen LogP contribution in [-0.2, 0) is 24.8 Å². The number of aliphatic hydroxyl groups excluding tert-OH is 1. The highest BCUT2D eigenvalue weighted by Gasteiger charge is 2.32. The van der Waals surface area contributed by atoms with Crippen LogP contribution < -0.4 is 0 Å². The molecular weight excluding hydrogens is 256 g/mol. The number of amides is 1. The summed E-state index contributed by atoms with van der Waals surface area (Å²) >= 11 is 0. The minimum atomic E-state index is -0.147. The fourth-order valence-electron chi connectivity index (χ4n) is 2.46. The van der Waals surface area contributed by atoms with Crippen LogP contribution in [0.4, 0.5) is 0 Å². The van der Waals surface area contributed by atoms with Crippen molar-refractivity contribution < 1.29 is 9.90 Å². The second-order valence-electron chi connectivity index (χ2n) is 5.82. The monoisotopic (exact) mass is 280 g/mol. The summed E-state index contributed by atoms with van der Waals surface area (Å²) < 4.78 is 1.97. The summed E-state index contributed by atoms with van der Waals surface area (Å²) in [5, 5.41) is 9.57. The zero-order valence-corrected chi connectivity index (χ0v) is 12.7. The van der Waals surface area contributed by atoms with Crippen LogP contribution in [0.1, 0.15) is 25.2 Å². The zero-order chi connectivity index (χ0) is 14.9. The van der Waals surface area contributed by atoms with E-state index in [-0.39, 0.29) is 18.6 Å². The van der Waals surface area contributed by atoms with Crippen LogP contribution >= 0.6 is 0 Å². The molecule has 1 atom stereocenters. The lowest BCUT2D eigenvalue weighted by molar-refractivity contribution is -0.137. The number of likely N-dealkylation sites (N-methyl/N-ethyl adjacent to an activating group) is 1. The van der Waals surface area contributed by atoms with Crippen molar-refractivity contribution in [2.45, 2.75) is 38.9 Å². The van der Waals surface area contributed by atoms with Crippen molar-refractivity contribution >= 4 is 5.91 Å². The minimum Gasteiger partial charge on any atom is -0.394 e. The number of aliphatic hydroxyl groups is 1. The molecule has 6 nitrogen and oxygen atoms in total. The summed E-state index contributed by atoms with van der Waals surface area (Å²) in [5.74, 6) is 0.0524. The number of carbonyl (C=O) groups excluding carboxylic acids is 1. The first kappa shape index (κ1) is 15.0. The second-order valence-corrected chi connectivity index (χ2v) is 5.82. The molecular formula is C14H24N4O2. The summed E-state index contributed by atoms with van der Waals surface area (Å²) in [6.07, 6.45) is 2.44. The van der Waals surface area contributed by atoms with E-state index in [9.17, 15) is 9.90 Å². The van der Waals surface area contributed by atoms with Crippen LogP contribution in [0.5, 0.6) is 0 Å². The van der Waals surface area contributed by atoms with Crippen LogP contribution in [0.15, 0.2) is 6.33 Å². The lowest BCUT2D eigenvalue weighted by atomic mass is 10.0. The fourth-order valence-corrected chi connectivity index (χ4v) is 2.46. The topological polar surface area (TPSA) is 61.6 Å². The summed E-state index contributed by atoms with van der Waals surface area (Å²) in [7, 11) is 3.89. The highest BCUT2D eigenvalue weighted by molar-refractivity contribution is 5.79. The molecule has 1 unspecified atom stereocenters. The molecule has 2 rings (SSSR count). The molecule has 0 aliphatic carbocycles. The zero-order valence-electron chi connectivity index (χ0n) is 12.7. The maximum atomic E-state index is 12.4. The molecule has 1 aromatic rings. The highest BCUT2D eigenvalue weighted by atomic mass is 16.3. The Morgan fingerprint density at radius 3 is 2.90 bits per heavy atom. The smallest absolute Gasteiger partial charge is 0.237 e. The number of nitrogens with zero attached hydrogens (tertiary/aromatic N) is 4. The molecule has 0 bridgehead atoms. The van der Waals surface area contributed by atoms with Crippen molar-refractivity contribution in [2.75, 3.05) is 20.2 Å². The van der Waals surface area contributed by atoms with Gasteiger partial charge in [0.2, 0.25) is 5.91 Å². The fraction of sp³-hybridized carbons (Fsp3) is 0.714. The SMILES string of the molecule is CC(C)N(C)CC(=O)N1Cc2ncn(C)c2CC1CO. The van der Waals surface area contributed by atoms with Gasteiger partial charge in [-0.1, -0.05) is 0 Å². The first-order valence-electron chi connectivity index (χ1n) is 7.03. The Hall–Kier alpha value is -1.40. The van der Waals surface area contributed by atoms with Gasteiger partial charge in [-0.25, -0.2) is 4.98 Å². The quantitative estimate of drug-likeness (QED) is 0.844. The molecule has 0 fully saturated rings. The minimum absolute atomic E-state index is 0.0121. The van der Waals surface area contributed by atoms with Crippen LogP contribution in [-0.4, -0.2) is 62.6 Å². The van der Waals surface area contributed by atoms with Gasteiger partial charge in [0.05, 0.1) is 37.8 Å². The Kier molecular flexibility index (Phi) is 4.45. The molecule has 2 heterocycles. The van der Waals surface area contributed by atoms with Gasteiger partial charge in [-0.2, -0.15) is 0 Å². The predicted octanol–water partition coefficient (Wildman–Crippen LogP) is 0.00590. The normalized spacial score (nSPS) is 18.8. The van der Waals surface area contributed by atoms with E-state index in [1.54, 1.807) is 11.2 Å². The number of carbonyl (C=O) groups is 1. The molecule has 112 valence electrons. The third-order valence-electron chi connectivity index (χ3n) is 4.13. The van der Waals surface area contributed by atoms with Gasteiger partial charge in [0.25, 0.3) is 0 Å². The standard InChI is InChI=1S/C14H24N4O2/c1-10(2)16(3)7-14(20)18-6-12-13(5-11(18)8-19)17(4)9-15-12/h9-11,19H,5-8H2,1-4H3. The molecule has 6 heteroatoms. The van der Waals surface area contributed by atoms with E-state index >= 15 is 0 Å². The molecule has 1 aliphatic rings. The number of fused-ring (bicyclic) bond motifs is 1. The summed E-state index contributed by atoms with van der Waals surface area (Å²) in [5.41, 5.74) is 2.06. The Balaban J connectivity index is 2.13. The molecule has 1 aliphatic heterocycles. The Morgan fingerprint density at radius 1 is 1.60 bits per heavy atom. The van der Waals surface area contributed by atoms with E-state index in [4.69, 9.17) is 0 Å². The number of imidazole rings is 1. The number of hydrogen-bond acceptors (Lipinski definition) is 4. The van der Waals surface area contributed by atoms with Gasteiger partial charge in [-0.05, 0) is 20.9 Å². The molecule has 20 heavy (non-hydrogen) atoms. The molecule has 0 aromatic carbocycles. The van der Waals surface area contributed by atoms with E-state index in [0.717, 1.165) is 11.4 Å². The number of aryl methyl sites for hydroxylation is 1. The Bertz CT molecular complexity index is 484. The first-order chi connectivity index (χ1) is 9.43. The van der Waals surface area contributed by atoms with Gasteiger partial charge in [0, 0.05) is 25.2 Å². The van der Waals surface area contributed by atoms with Gasteiger partial charge in [-0.15, -0.1) is 0 Å². The van der Waals surface area contributed by atoms with Gasteiger partial charge in [0.15, 0.2) is 0 Å². The third-order valence-corrected chi connectivity index (χ3v) is 4.13. The van der Waals surface area contributed by atoms with Gasteiger partial charge < -0.3 is 14.6 Å². The molecule has 1 N–H and O–H groups in total. The van der Waals surface area contributed by atoms with Crippen LogP contribution in [0, 0.1) is 0 Å². The Morgan fingerprint density at radius 2 is 2.30 bits per heavy atom. The first-order valence-corrected chi connectivity index (χ1v) is 7.03. The maximum absolute atomic E-state index is 12.4. The lowest BCUT2D eigenvalue weighted by Crippen LogP contribution is -2.50. The summed E-state index contributed by atoms with van der Waals surface area (Å²) in [6.45, 7) is 4.97. The molecule has 0 saturated carbocycles. The summed E-state index contributed by atoms with van der Waals surface area (Å²) in [6, 6.07) is 0.174. The third kappa shape index (κ3) is 2.86. The lowest BCUT2D eigenvalue weighted by Gasteiger charge is -2.36. The highest BCUT2D eigenvalue weighted by Crippen LogP contribution is 2.22. The van der Waals surface area contributed by atoms with Crippen molar-refractivity contribution in [3.05, 3.63) is 17.7 Å². The van der Waals surface area contributed by atoms with Crippen LogP contribution in [0.3, 0.4) is 0 Å². The van der Waals surface area contributed by atoms with E-state index in [1.807, 2.05) is 23.6 Å². The van der Waals surface area contributed by atoms with Crippen molar-refractivity contribution in [1.29, 1.82) is 0 Å². The van der Waals surface area contributed by atoms with Crippen molar-refractivity contribution in [3.8, 4) is 0 Å². The van der Waals surface area contributed by atoms with Crippen molar-refractivity contribution in [2.24, 2.45) is 7.05 Å². The maximum Gasteiger partial charge on any atom is 0.237 e. The number of rotatable bonds is 4. The largest absolute Gasteiger partial charge is 0.394 e. The van der Waals surface area contributed by atoms with E-state index in [2.05, 4.69) is 18.8 Å². The molecule has 1 aromatic heterocycles. The van der Waals surface area contributed by atoms with Crippen molar-refractivity contribution in [1.82, 2.24) is 19.4 Å². The van der Waals surface area contributed by atoms with E-state index < -0.39 is 0 Å². The number of hydrogen-bond donors (Lipinski definition) is 1. The molecule has 1 amide bonds. The summed E-state index contributed by atoms with van der Waals surface area (Å²) in [4.78, 5) is 20.5. The second kappa shape index (κ2) is 5.93.